The second kappa shape index (κ2) is 7.40. The first kappa shape index (κ1) is 15.0. The average Bonchev–Trinajstić information content (AvgIpc) is 2.87. The molecule has 1 rings (SSSR count). The summed E-state index contributed by atoms with van der Waals surface area (Å²) in [5, 5.41) is 7.44. The zero-order valence-corrected chi connectivity index (χ0v) is 12.3. The molecule has 102 valence electrons. The molecular weight excluding hydrogens is 220 g/mol. The van der Waals surface area contributed by atoms with Gasteiger partial charge < -0.3 is 0 Å². The van der Waals surface area contributed by atoms with Gasteiger partial charge in [-0.25, -0.2) is 0 Å². The molecule has 1 aromatic rings. The second-order valence-corrected chi connectivity index (χ2v) is 5.49. The number of aromatic amines is 1. The van der Waals surface area contributed by atoms with Crippen molar-refractivity contribution >= 4 is 6.08 Å². The van der Waals surface area contributed by atoms with E-state index in [1.807, 2.05) is 0 Å². The van der Waals surface area contributed by atoms with Gasteiger partial charge in [0.2, 0.25) is 0 Å². The highest BCUT2D eigenvalue weighted by molar-refractivity contribution is 5.42. The molecule has 2 heteroatoms. The zero-order chi connectivity index (χ0) is 13.4. The largest absolute Gasteiger partial charge is 0.281 e. The van der Waals surface area contributed by atoms with E-state index in [1.54, 1.807) is 6.08 Å². The van der Waals surface area contributed by atoms with Crippen molar-refractivity contribution in [2.45, 2.75) is 71.1 Å². The molecule has 0 fully saturated rings. The van der Waals surface area contributed by atoms with Crippen LogP contribution in [-0.4, -0.2) is 10.2 Å². The third-order valence-electron chi connectivity index (χ3n) is 4.07. The molecule has 0 aromatic carbocycles. The summed E-state index contributed by atoms with van der Waals surface area (Å²) in [5.41, 5.74) is 2.45. The van der Waals surface area contributed by atoms with Crippen LogP contribution in [0.25, 0.3) is 6.08 Å². The first-order valence-electron chi connectivity index (χ1n) is 7.34. The average molecular weight is 248 g/mol. The van der Waals surface area contributed by atoms with Gasteiger partial charge in [0.05, 0.1) is 5.69 Å². The fourth-order valence-corrected chi connectivity index (χ4v) is 2.37. The Balaban J connectivity index is 2.53. The van der Waals surface area contributed by atoms with Crippen molar-refractivity contribution in [2.24, 2.45) is 0 Å². The molecule has 1 N–H and O–H groups in total. The molecule has 0 spiro atoms. The monoisotopic (exact) mass is 248 g/mol. The predicted molar refractivity (Wildman–Crippen MR) is 79.7 cm³/mol. The van der Waals surface area contributed by atoms with Crippen LogP contribution >= 0.6 is 0 Å². The zero-order valence-electron chi connectivity index (χ0n) is 12.3. The first-order valence-corrected chi connectivity index (χ1v) is 7.34. The summed E-state index contributed by atoms with van der Waals surface area (Å²) in [7, 11) is 0. The van der Waals surface area contributed by atoms with Crippen LogP contribution in [0.5, 0.6) is 0 Å². The summed E-state index contributed by atoms with van der Waals surface area (Å²) in [6, 6.07) is 2.14. The van der Waals surface area contributed by atoms with Gasteiger partial charge in [-0.15, -0.1) is 0 Å². The fourth-order valence-electron chi connectivity index (χ4n) is 2.37. The quantitative estimate of drug-likeness (QED) is 0.606. The highest BCUT2D eigenvalue weighted by Crippen LogP contribution is 2.32. The van der Waals surface area contributed by atoms with E-state index in [1.165, 1.54) is 44.2 Å². The summed E-state index contributed by atoms with van der Waals surface area (Å²) in [6.45, 7) is 10.6. The summed E-state index contributed by atoms with van der Waals surface area (Å²) in [5.74, 6) is 0. The number of unbranched alkanes of at least 4 members (excludes halogenated alkanes) is 4. The molecular formula is C16H28N2. The third kappa shape index (κ3) is 4.01. The van der Waals surface area contributed by atoms with E-state index >= 15 is 0 Å². The minimum atomic E-state index is 0.237. The lowest BCUT2D eigenvalue weighted by Gasteiger charge is -2.26. The summed E-state index contributed by atoms with van der Waals surface area (Å²) in [4.78, 5) is 0. The first-order chi connectivity index (χ1) is 8.66. The van der Waals surface area contributed by atoms with Crippen molar-refractivity contribution < 1.29 is 0 Å². The van der Waals surface area contributed by atoms with Crippen LogP contribution < -0.4 is 0 Å². The molecule has 18 heavy (non-hydrogen) atoms. The van der Waals surface area contributed by atoms with E-state index in [0.717, 1.165) is 12.1 Å². The highest BCUT2D eigenvalue weighted by Gasteiger charge is 2.25. The van der Waals surface area contributed by atoms with Crippen LogP contribution in [0.4, 0.5) is 0 Å². The molecule has 1 aromatic heterocycles. The maximum absolute atomic E-state index is 4.26. The van der Waals surface area contributed by atoms with Crippen LogP contribution in [0.15, 0.2) is 12.6 Å². The maximum Gasteiger partial charge on any atom is 0.0845 e. The lowest BCUT2D eigenvalue weighted by Crippen LogP contribution is -2.21. The Labute approximate surface area is 112 Å². The number of nitrogens with zero attached hydrogens (tertiary/aromatic N) is 1. The van der Waals surface area contributed by atoms with Gasteiger partial charge in [0, 0.05) is 11.1 Å². The van der Waals surface area contributed by atoms with Gasteiger partial charge in [0.25, 0.3) is 0 Å². The number of hydrogen-bond acceptors (Lipinski definition) is 1. The fraction of sp³-hybridized carbons (Fsp3) is 0.688. The van der Waals surface area contributed by atoms with E-state index in [4.69, 9.17) is 0 Å². The Morgan fingerprint density at radius 3 is 2.56 bits per heavy atom. The molecule has 0 aliphatic carbocycles. The number of H-pyrrole nitrogens is 1. The Bertz CT molecular complexity index is 354. The molecule has 1 atom stereocenters. The van der Waals surface area contributed by atoms with Gasteiger partial charge in [0.1, 0.15) is 0 Å². The Morgan fingerprint density at radius 1 is 1.28 bits per heavy atom. The molecule has 1 heterocycles. The molecule has 2 nitrogen and oxygen atoms in total. The molecule has 0 aliphatic rings. The van der Waals surface area contributed by atoms with E-state index in [9.17, 15) is 0 Å². The summed E-state index contributed by atoms with van der Waals surface area (Å²) < 4.78 is 0. The molecule has 0 bridgehead atoms. The van der Waals surface area contributed by atoms with Crippen molar-refractivity contribution in [3.63, 3.8) is 0 Å². The summed E-state index contributed by atoms with van der Waals surface area (Å²) in [6.07, 6.45) is 10.9. The Hall–Kier alpha value is -1.05. The van der Waals surface area contributed by atoms with Gasteiger partial charge >= 0.3 is 0 Å². The summed E-state index contributed by atoms with van der Waals surface area (Å²) >= 11 is 0. The van der Waals surface area contributed by atoms with Crippen LogP contribution in [-0.2, 0) is 5.41 Å². The van der Waals surface area contributed by atoms with E-state index in [2.05, 4.69) is 43.6 Å². The molecule has 0 radical (unpaired) electrons. The standard InChI is InChI=1S/C16H28N2/c1-5-8-9-10-11-12-16(4,7-3)15-13-14(6-2)17-18-15/h6,13H,2,5,7-12H2,1,3-4H3,(H,17,18). The van der Waals surface area contributed by atoms with Crippen molar-refractivity contribution in [1.29, 1.82) is 0 Å². The second-order valence-electron chi connectivity index (χ2n) is 5.49. The normalized spacial score (nSPS) is 14.4. The Kier molecular flexibility index (Phi) is 6.17. The van der Waals surface area contributed by atoms with Gasteiger partial charge in [-0.3, -0.25) is 5.10 Å². The lowest BCUT2D eigenvalue weighted by atomic mass is 9.79. The van der Waals surface area contributed by atoms with E-state index in [0.29, 0.717) is 0 Å². The van der Waals surface area contributed by atoms with Gasteiger partial charge in [-0.2, -0.15) is 5.10 Å². The van der Waals surface area contributed by atoms with Crippen molar-refractivity contribution in [3.8, 4) is 0 Å². The number of hydrogen-bond donors (Lipinski definition) is 1. The van der Waals surface area contributed by atoms with Crippen LogP contribution in [0, 0.1) is 0 Å². The molecule has 0 amide bonds. The molecule has 1 unspecified atom stereocenters. The molecule has 0 saturated carbocycles. The van der Waals surface area contributed by atoms with Crippen molar-refractivity contribution in [3.05, 3.63) is 24.0 Å². The maximum atomic E-state index is 4.26. The highest BCUT2D eigenvalue weighted by atomic mass is 15.1. The van der Waals surface area contributed by atoms with Crippen LogP contribution in [0.1, 0.15) is 77.1 Å². The minimum absolute atomic E-state index is 0.237. The third-order valence-corrected chi connectivity index (χ3v) is 4.07. The van der Waals surface area contributed by atoms with E-state index < -0.39 is 0 Å². The smallest absolute Gasteiger partial charge is 0.0845 e. The predicted octanol–water partition coefficient (Wildman–Crippen LogP) is 5.08. The molecule has 0 aliphatic heterocycles. The minimum Gasteiger partial charge on any atom is -0.281 e. The van der Waals surface area contributed by atoms with Crippen molar-refractivity contribution in [2.75, 3.05) is 0 Å². The lowest BCUT2D eigenvalue weighted by molar-refractivity contribution is 0.384. The topological polar surface area (TPSA) is 28.7 Å². The Morgan fingerprint density at radius 2 is 2.00 bits per heavy atom. The van der Waals surface area contributed by atoms with Crippen LogP contribution in [0.2, 0.25) is 0 Å². The van der Waals surface area contributed by atoms with Crippen LogP contribution in [0.3, 0.4) is 0 Å². The SMILES string of the molecule is C=Cc1cc(C(C)(CC)CCCCCCC)[nH]n1. The van der Waals surface area contributed by atoms with E-state index in [-0.39, 0.29) is 5.41 Å². The number of nitrogens with one attached hydrogen (secondary N) is 1. The number of rotatable bonds is 9. The van der Waals surface area contributed by atoms with Gasteiger partial charge in [-0.1, -0.05) is 59.5 Å². The molecule has 0 saturated heterocycles. The van der Waals surface area contributed by atoms with Gasteiger partial charge in [-0.05, 0) is 25.0 Å². The van der Waals surface area contributed by atoms with Gasteiger partial charge in [0.15, 0.2) is 0 Å². The number of aromatic nitrogens is 2. The van der Waals surface area contributed by atoms with Crippen molar-refractivity contribution in [1.82, 2.24) is 10.2 Å².